The van der Waals surface area contributed by atoms with Crippen molar-refractivity contribution in [1.82, 2.24) is 5.32 Å². The maximum Gasteiger partial charge on any atom is 0.293 e. The number of rotatable bonds is 5. The van der Waals surface area contributed by atoms with Crippen molar-refractivity contribution in [2.45, 2.75) is 13.5 Å². The Bertz CT molecular complexity index is 682. The molecule has 0 atom stereocenters. The number of thiophene rings is 1. The standard InChI is InChI=1S/C14H15N3O3S/c1-9-5-6-21-13(9)8-16-11-4-3-10(14(18)15-2)7-12(11)17(19)20/h3-7,16H,8H2,1-2H3,(H,15,18). The molecule has 1 aromatic heterocycles. The highest BCUT2D eigenvalue weighted by atomic mass is 32.1. The Morgan fingerprint density at radius 1 is 1.38 bits per heavy atom. The molecule has 1 amide bonds. The van der Waals surface area contributed by atoms with Gasteiger partial charge >= 0.3 is 0 Å². The SMILES string of the molecule is CNC(=O)c1ccc(NCc2sccc2C)c([N+](=O)[O-])c1. The van der Waals surface area contributed by atoms with Crippen LogP contribution in [-0.4, -0.2) is 17.9 Å². The van der Waals surface area contributed by atoms with Crippen molar-refractivity contribution in [3.8, 4) is 0 Å². The first kappa shape index (κ1) is 15.0. The van der Waals surface area contributed by atoms with E-state index in [2.05, 4.69) is 10.6 Å². The highest BCUT2D eigenvalue weighted by molar-refractivity contribution is 7.10. The molecule has 0 saturated heterocycles. The third-order valence-electron chi connectivity index (χ3n) is 3.09. The Morgan fingerprint density at radius 2 is 2.14 bits per heavy atom. The van der Waals surface area contributed by atoms with E-state index in [0.717, 1.165) is 10.4 Å². The molecule has 21 heavy (non-hydrogen) atoms. The van der Waals surface area contributed by atoms with Gasteiger partial charge in [-0.05, 0) is 36.1 Å². The average molecular weight is 305 g/mol. The summed E-state index contributed by atoms with van der Waals surface area (Å²) in [4.78, 5) is 23.3. The lowest BCUT2D eigenvalue weighted by molar-refractivity contribution is -0.384. The first-order valence-corrected chi connectivity index (χ1v) is 7.18. The number of nitrogens with zero attached hydrogens (tertiary/aromatic N) is 1. The second-order valence-electron chi connectivity index (χ2n) is 4.45. The summed E-state index contributed by atoms with van der Waals surface area (Å²) in [5.41, 5.74) is 1.71. The zero-order valence-electron chi connectivity index (χ0n) is 11.7. The Hall–Kier alpha value is -2.41. The molecular formula is C14H15N3O3S. The van der Waals surface area contributed by atoms with Crippen molar-refractivity contribution in [1.29, 1.82) is 0 Å². The van der Waals surface area contributed by atoms with Gasteiger partial charge in [0.15, 0.2) is 0 Å². The van der Waals surface area contributed by atoms with Crippen LogP contribution in [0.3, 0.4) is 0 Å². The van der Waals surface area contributed by atoms with Crippen LogP contribution in [0.2, 0.25) is 0 Å². The lowest BCUT2D eigenvalue weighted by Crippen LogP contribution is -2.18. The van der Waals surface area contributed by atoms with E-state index in [9.17, 15) is 14.9 Å². The fraction of sp³-hybridized carbons (Fsp3) is 0.214. The molecular weight excluding hydrogens is 290 g/mol. The summed E-state index contributed by atoms with van der Waals surface area (Å²) in [5.74, 6) is -0.348. The van der Waals surface area contributed by atoms with Crippen LogP contribution in [-0.2, 0) is 6.54 Å². The molecule has 0 unspecified atom stereocenters. The molecule has 2 rings (SSSR count). The molecule has 0 spiro atoms. The molecule has 0 aliphatic rings. The van der Waals surface area contributed by atoms with Crippen molar-refractivity contribution in [3.63, 3.8) is 0 Å². The lowest BCUT2D eigenvalue weighted by Gasteiger charge is -2.08. The zero-order valence-corrected chi connectivity index (χ0v) is 12.5. The normalized spacial score (nSPS) is 10.2. The number of carbonyl (C=O) groups excluding carboxylic acids is 1. The highest BCUT2D eigenvalue weighted by Crippen LogP contribution is 2.27. The number of hydrogen-bond acceptors (Lipinski definition) is 5. The van der Waals surface area contributed by atoms with Gasteiger partial charge in [0, 0.05) is 30.1 Å². The number of hydrogen-bond donors (Lipinski definition) is 2. The number of anilines is 1. The summed E-state index contributed by atoms with van der Waals surface area (Å²) >= 11 is 1.60. The van der Waals surface area contributed by atoms with Gasteiger partial charge in [-0.2, -0.15) is 0 Å². The fourth-order valence-electron chi connectivity index (χ4n) is 1.88. The first-order valence-electron chi connectivity index (χ1n) is 6.30. The van der Waals surface area contributed by atoms with Crippen LogP contribution >= 0.6 is 11.3 Å². The van der Waals surface area contributed by atoms with Crippen molar-refractivity contribution in [2.75, 3.05) is 12.4 Å². The van der Waals surface area contributed by atoms with Gasteiger partial charge in [-0.15, -0.1) is 11.3 Å². The van der Waals surface area contributed by atoms with Gasteiger partial charge in [0.2, 0.25) is 0 Å². The van der Waals surface area contributed by atoms with Gasteiger partial charge in [-0.3, -0.25) is 14.9 Å². The number of amides is 1. The molecule has 0 saturated carbocycles. The summed E-state index contributed by atoms with van der Waals surface area (Å²) in [6.45, 7) is 2.51. The van der Waals surface area contributed by atoms with Gasteiger partial charge < -0.3 is 10.6 Å². The fourth-order valence-corrected chi connectivity index (χ4v) is 2.72. The summed E-state index contributed by atoms with van der Waals surface area (Å²) in [5, 5.41) is 18.6. The number of nitro benzene ring substituents is 1. The van der Waals surface area contributed by atoms with Crippen LogP contribution < -0.4 is 10.6 Å². The third-order valence-corrected chi connectivity index (χ3v) is 4.11. The van der Waals surface area contributed by atoms with E-state index < -0.39 is 4.92 Å². The van der Waals surface area contributed by atoms with E-state index in [1.54, 1.807) is 23.5 Å². The van der Waals surface area contributed by atoms with Gasteiger partial charge in [0.05, 0.1) is 4.92 Å². The number of aryl methyl sites for hydroxylation is 1. The molecule has 0 fully saturated rings. The Labute approximate surface area is 126 Å². The highest BCUT2D eigenvalue weighted by Gasteiger charge is 2.17. The van der Waals surface area contributed by atoms with E-state index in [1.807, 2.05) is 18.4 Å². The number of nitrogens with one attached hydrogen (secondary N) is 2. The molecule has 2 aromatic rings. The predicted molar refractivity (Wildman–Crippen MR) is 82.9 cm³/mol. The molecule has 7 heteroatoms. The third kappa shape index (κ3) is 3.38. The summed E-state index contributed by atoms with van der Waals surface area (Å²) in [6, 6.07) is 6.41. The molecule has 2 N–H and O–H groups in total. The van der Waals surface area contributed by atoms with E-state index in [1.165, 1.54) is 13.1 Å². The van der Waals surface area contributed by atoms with Crippen LogP contribution in [0.5, 0.6) is 0 Å². The summed E-state index contributed by atoms with van der Waals surface area (Å²) < 4.78 is 0. The van der Waals surface area contributed by atoms with Gasteiger partial charge in [0.25, 0.3) is 11.6 Å². The predicted octanol–water partition coefficient (Wildman–Crippen LogP) is 2.94. The maximum atomic E-state index is 11.5. The van der Waals surface area contributed by atoms with Crippen LogP contribution in [0, 0.1) is 17.0 Å². The van der Waals surface area contributed by atoms with Crippen LogP contribution in [0.1, 0.15) is 20.8 Å². The molecule has 0 aliphatic carbocycles. The quantitative estimate of drug-likeness (QED) is 0.657. The van der Waals surface area contributed by atoms with Crippen LogP contribution in [0.15, 0.2) is 29.6 Å². The van der Waals surface area contributed by atoms with Crippen LogP contribution in [0.25, 0.3) is 0 Å². The Balaban J connectivity index is 2.24. The minimum absolute atomic E-state index is 0.106. The molecule has 0 bridgehead atoms. The van der Waals surface area contributed by atoms with Gasteiger partial charge in [0.1, 0.15) is 5.69 Å². The van der Waals surface area contributed by atoms with E-state index >= 15 is 0 Å². The molecule has 6 nitrogen and oxygen atoms in total. The van der Waals surface area contributed by atoms with Crippen molar-refractivity contribution < 1.29 is 9.72 Å². The number of nitro groups is 1. The number of carbonyl (C=O) groups is 1. The van der Waals surface area contributed by atoms with Crippen molar-refractivity contribution >= 4 is 28.6 Å². The van der Waals surface area contributed by atoms with Crippen molar-refractivity contribution in [3.05, 3.63) is 55.8 Å². The van der Waals surface area contributed by atoms with Gasteiger partial charge in [-0.25, -0.2) is 0 Å². The average Bonchev–Trinajstić information content (AvgIpc) is 2.89. The smallest absolute Gasteiger partial charge is 0.293 e. The van der Waals surface area contributed by atoms with Crippen molar-refractivity contribution in [2.24, 2.45) is 0 Å². The monoisotopic (exact) mass is 305 g/mol. The minimum Gasteiger partial charge on any atom is -0.375 e. The Morgan fingerprint density at radius 3 is 2.71 bits per heavy atom. The molecule has 1 heterocycles. The molecule has 110 valence electrons. The topological polar surface area (TPSA) is 84.3 Å². The zero-order chi connectivity index (χ0) is 15.4. The summed E-state index contributed by atoms with van der Waals surface area (Å²) in [6.07, 6.45) is 0. The molecule has 1 aromatic carbocycles. The Kier molecular flexibility index (Phi) is 4.54. The summed E-state index contributed by atoms with van der Waals surface area (Å²) in [7, 11) is 1.49. The van der Waals surface area contributed by atoms with E-state index in [-0.39, 0.29) is 17.2 Å². The molecule has 0 aliphatic heterocycles. The second-order valence-corrected chi connectivity index (χ2v) is 5.45. The first-order chi connectivity index (χ1) is 10.0. The minimum atomic E-state index is -0.490. The number of benzene rings is 1. The van der Waals surface area contributed by atoms with Gasteiger partial charge in [-0.1, -0.05) is 0 Å². The molecule has 0 radical (unpaired) electrons. The van der Waals surface area contributed by atoms with Crippen LogP contribution in [0.4, 0.5) is 11.4 Å². The van der Waals surface area contributed by atoms with E-state index in [4.69, 9.17) is 0 Å². The second kappa shape index (κ2) is 6.36. The van der Waals surface area contributed by atoms with E-state index in [0.29, 0.717) is 12.2 Å². The largest absolute Gasteiger partial charge is 0.375 e. The lowest BCUT2D eigenvalue weighted by atomic mass is 10.1. The maximum absolute atomic E-state index is 11.5.